The second kappa shape index (κ2) is 9.40. The van der Waals surface area contributed by atoms with E-state index in [0.717, 1.165) is 10.4 Å². The lowest BCUT2D eigenvalue weighted by molar-refractivity contribution is -0.117. The van der Waals surface area contributed by atoms with Gasteiger partial charge in [-0.1, -0.05) is 65.0 Å². The second-order valence-electron chi connectivity index (χ2n) is 6.89. The molecule has 0 saturated heterocycles. The zero-order valence-electron chi connectivity index (χ0n) is 16.7. The first-order chi connectivity index (χ1) is 16.0. The van der Waals surface area contributed by atoms with E-state index in [4.69, 9.17) is 11.6 Å². The molecule has 0 spiro atoms. The normalized spacial score (nSPS) is 16.1. The Morgan fingerprint density at radius 1 is 1.09 bits per heavy atom. The topological polar surface area (TPSA) is 83.4 Å². The van der Waals surface area contributed by atoms with Gasteiger partial charge in [0, 0.05) is 15.7 Å². The van der Waals surface area contributed by atoms with Crippen LogP contribution in [0.5, 0.6) is 0 Å². The number of Topliss-reactive ketones (excluding diaryl/α,β-unsaturated/α-hetero) is 1. The fourth-order valence-electron chi connectivity index (χ4n) is 3.40. The molecule has 4 heterocycles. The van der Waals surface area contributed by atoms with Crippen LogP contribution in [0.3, 0.4) is 0 Å². The molecule has 4 aromatic rings. The van der Waals surface area contributed by atoms with Crippen LogP contribution in [0.2, 0.25) is 5.02 Å². The molecule has 1 N–H and O–H groups in total. The number of thiophene rings is 2. The highest BCUT2D eigenvalue weighted by molar-refractivity contribution is 8.00. The van der Waals surface area contributed by atoms with Crippen LogP contribution in [0.25, 0.3) is 0 Å². The summed E-state index contributed by atoms with van der Waals surface area (Å²) in [7, 11) is 0. The molecule has 6 nitrogen and oxygen atoms in total. The van der Waals surface area contributed by atoms with Gasteiger partial charge in [-0.05, 0) is 34.5 Å². The summed E-state index contributed by atoms with van der Waals surface area (Å²) in [5.41, 5.74) is 1.03. The van der Waals surface area contributed by atoms with Crippen molar-refractivity contribution in [3.05, 3.63) is 91.0 Å². The third kappa shape index (κ3) is 4.24. The van der Waals surface area contributed by atoms with E-state index in [1.54, 1.807) is 17.5 Å². The molecule has 5 rings (SSSR count). The predicted molar refractivity (Wildman–Crippen MR) is 134 cm³/mol. The Morgan fingerprint density at radius 2 is 1.88 bits per heavy atom. The zero-order chi connectivity index (χ0) is 22.9. The van der Waals surface area contributed by atoms with Crippen LogP contribution in [-0.2, 0) is 10.5 Å². The maximum absolute atomic E-state index is 13.2. The number of carbonyl (C=O) groups excluding carboxylic acids is 2. The SMILES string of the molecule is O=C(C1=C(O)C(=O)N(c2nnc(SCc3ccccc3Cl)s2)C1c1cccs1)c1cccs1. The van der Waals surface area contributed by atoms with E-state index >= 15 is 0 Å². The summed E-state index contributed by atoms with van der Waals surface area (Å²) in [5.74, 6) is -0.976. The number of halogens is 1. The Hall–Kier alpha value is -2.50. The van der Waals surface area contributed by atoms with Crippen molar-refractivity contribution in [2.24, 2.45) is 0 Å². The highest BCUT2D eigenvalue weighted by Crippen LogP contribution is 2.45. The maximum Gasteiger partial charge on any atom is 0.296 e. The molecule has 0 bridgehead atoms. The molecule has 0 saturated carbocycles. The number of hydrogen-bond acceptors (Lipinski definition) is 9. The lowest BCUT2D eigenvalue weighted by Crippen LogP contribution is -2.30. The number of ketones is 1. The molecule has 33 heavy (non-hydrogen) atoms. The van der Waals surface area contributed by atoms with Crippen LogP contribution in [0, 0.1) is 0 Å². The molecule has 1 aliphatic heterocycles. The summed E-state index contributed by atoms with van der Waals surface area (Å²) >= 11 is 11.6. The quantitative estimate of drug-likeness (QED) is 0.169. The molecule has 1 unspecified atom stereocenters. The van der Waals surface area contributed by atoms with Crippen molar-refractivity contribution in [2.45, 2.75) is 16.1 Å². The van der Waals surface area contributed by atoms with E-state index in [0.29, 0.717) is 25.1 Å². The van der Waals surface area contributed by atoms with E-state index in [1.165, 1.54) is 50.7 Å². The molecule has 3 aromatic heterocycles. The minimum absolute atomic E-state index is 0.0605. The molecule has 11 heteroatoms. The smallest absolute Gasteiger partial charge is 0.296 e. The van der Waals surface area contributed by atoms with Crippen molar-refractivity contribution in [3.8, 4) is 0 Å². The van der Waals surface area contributed by atoms with E-state index in [2.05, 4.69) is 10.2 Å². The standard InChI is InChI=1S/C22H14ClN3O3S4/c23-13-6-2-1-5-12(13)11-32-22-25-24-21(33-22)26-17(14-7-3-9-30-14)16(19(28)20(26)29)18(27)15-8-4-10-31-15/h1-10,17,28H,11H2. The van der Waals surface area contributed by atoms with Crippen LogP contribution < -0.4 is 4.90 Å². The third-order valence-corrected chi connectivity index (χ3v) is 9.19. The molecule has 166 valence electrons. The van der Waals surface area contributed by atoms with Crippen molar-refractivity contribution in [2.75, 3.05) is 4.90 Å². The predicted octanol–water partition coefficient (Wildman–Crippen LogP) is 6.39. The van der Waals surface area contributed by atoms with Gasteiger partial charge in [0.2, 0.25) is 10.9 Å². The number of hydrogen-bond donors (Lipinski definition) is 1. The van der Waals surface area contributed by atoms with Gasteiger partial charge < -0.3 is 5.11 Å². The molecule has 0 fully saturated rings. The van der Waals surface area contributed by atoms with Crippen molar-refractivity contribution < 1.29 is 14.7 Å². The number of aromatic nitrogens is 2. The van der Waals surface area contributed by atoms with E-state index in [-0.39, 0.29) is 11.4 Å². The van der Waals surface area contributed by atoms with Gasteiger partial charge >= 0.3 is 0 Å². The fraction of sp³-hybridized carbons (Fsp3) is 0.0909. The number of aliphatic hydroxyl groups excluding tert-OH is 1. The Balaban J connectivity index is 1.46. The lowest BCUT2D eigenvalue weighted by Gasteiger charge is -2.22. The first-order valence-electron chi connectivity index (χ1n) is 9.62. The van der Waals surface area contributed by atoms with Gasteiger partial charge in [-0.15, -0.1) is 32.9 Å². The Labute approximate surface area is 210 Å². The van der Waals surface area contributed by atoms with Crippen molar-refractivity contribution in [1.29, 1.82) is 0 Å². The Morgan fingerprint density at radius 3 is 2.61 bits per heavy atom. The zero-order valence-corrected chi connectivity index (χ0v) is 20.7. The van der Waals surface area contributed by atoms with Crippen molar-refractivity contribution >= 4 is 74.2 Å². The highest BCUT2D eigenvalue weighted by Gasteiger charge is 2.46. The minimum atomic E-state index is -0.763. The largest absolute Gasteiger partial charge is 0.503 e. The molecule has 1 aromatic carbocycles. The van der Waals surface area contributed by atoms with Gasteiger partial charge in [0.1, 0.15) is 6.04 Å². The number of benzene rings is 1. The molecular weight excluding hydrogens is 518 g/mol. The molecule has 1 atom stereocenters. The van der Waals surface area contributed by atoms with Crippen LogP contribution in [0.1, 0.15) is 26.2 Å². The van der Waals surface area contributed by atoms with Crippen LogP contribution in [-0.4, -0.2) is 27.0 Å². The number of carbonyl (C=O) groups is 2. The number of thioether (sulfide) groups is 1. The number of amides is 1. The highest BCUT2D eigenvalue weighted by atomic mass is 35.5. The van der Waals surface area contributed by atoms with Crippen LogP contribution >= 0.6 is 57.4 Å². The van der Waals surface area contributed by atoms with Crippen molar-refractivity contribution in [1.82, 2.24) is 10.2 Å². The fourth-order valence-corrected chi connectivity index (χ4v) is 7.06. The van der Waals surface area contributed by atoms with Gasteiger partial charge in [-0.25, -0.2) is 0 Å². The van der Waals surface area contributed by atoms with Gasteiger partial charge in [-0.3, -0.25) is 14.5 Å². The average Bonchev–Trinajstić information content (AvgIpc) is 3.61. The van der Waals surface area contributed by atoms with E-state index < -0.39 is 17.7 Å². The summed E-state index contributed by atoms with van der Waals surface area (Å²) in [6.07, 6.45) is 0. The van der Waals surface area contributed by atoms with Crippen LogP contribution in [0.15, 0.2) is 75.0 Å². The van der Waals surface area contributed by atoms with Gasteiger partial charge in [0.05, 0.1) is 10.5 Å². The van der Waals surface area contributed by atoms with E-state index in [9.17, 15) is 14.7 Å². The average molecular weight is 532 g/mol. The van der Waals surface area contributed by atoms with Gasteiger partial charge in [0.15, 0.2) is 10.1 Å². The molecule has 0 radical (unpaired) electrons. The summed E-state index contributed by atoms with van der Waals surface area (Å²) in [6, 6.07) is 13.9. The monoisotopic (exact) mass is 531 g/mol. The number of anilines is 1. The first kappa shape index (κ1) is 22.3. The summed E-state index contributed by atoms with van der Waals surface area (Å²) < 4.78 is 0.653. The third-order valence-electron chi connectivity index (χ3n) is 4.92. The molecule has 0 aliphatic carbocycles. The molecular formula is C22H14ClN3O3S4. The van der Waals surface area contributed by atoms with E-state index in [1.807, 2.05) is 41.8 Å². The lowest BCUT2D eigenvalue weighted by atomic mass is 10.0. The second-order valence-corrected chi connectivity index (χ2v) is 11.4. The first-order valence-corrected chi connectivity index (χ1v) is 13.6. The number of rotatable bonds is 7. The Kier molecular flexibility index (Phi) is 6.35. The molecule has 1 aliphatic rings. The van der Waals surface area contributed by atoms with Gasteiger partial charge in [0.25, 0.3) is 5.91 Å². The summed E-state index contributed by atoms with van der Waals surface area (Å²) in [5, 5.41) is 23.8. The Bertz CT molecular complexity index is 1350. The maximum atomic E-state index is 13.2. The van der Waals surface area contributed by atoms with Crippen molar-refractivity contribution in [3.63, 3.8) is 0 Å². The summed E-state index contributed by atoms with van der Waals surface area (Å²) in [6.45, 7) is 0. The molecule has 1 amide bonds. The van der Waals surface area contributed by atoms with Gasteiger partial charge in [-0.2, -0.15) is 0 Å². The number of aliphatic hydroxyl groups is 1. The number of nitrogens with zero attached hydrogens (tertiary/aromatic N) is 3. The van der Waals surface area contributed by atoms with Crippen LogP contribution in [0.4, 0.5) is 5.13 Å². The minimum Gasteiger partial charge on any atom is -0.503 e. The summed E-state index contributed by atoms with van der Waals surface area (Å²) in [4.78, 5) is 28.9.